The number of hydrogen-bond donors (Lipinski definition) is 2. The molecule has 0 bridgehead atoms. The van der Waals surface area contributed by atoms with Crippen LogP contribution in [0, 0.1) is 16.0 Å². The predicted molar refractivity (Wildman–Crippen MR) is 72.3 cm³/mol. The first-order valence-corrected chi connectivity index (χ1v) is 6.35. The van der Waals surface area contributed by atoms with E-state index in [4.69, 9.17) is 11.6 Å². The minimum atomic E-state index is -0.563. The number of nitro groups is 1. The van der Waals surface area contributed by atoms with Crippen molar-refractivity contribution in [3.05, 3.63) is 33.3 Å². The average Bonchev–Trinajstić information content (AvgIpc) is 2.77. The highest BCUT2D eigenvalue weighted by Gasteiger charge is 2.30. The lowest BCUT2D eigenvalue weighted by atomic mass is 10.0. The minimum absolute atomic E-state index is 0.167. The summed E-state index contributed by atoms with van der Waals surface area (Å²) in [6, 6.07) is 3.87. The topological polar surface area (TPSA) is 84.3 Å². The van der Waals surface area contributed by atoms with Gasteiger partial charge in [0, 0.05) is 11.1 Å². The molecule has 2 unspecified atom stereocenters. The van der Waals surface area contributed by atoms with Gasteiger partial charge in [-0.3, -0.25) is 14.9 Å². The van der Waals surface area contributed by atoms with Gasteiger partial charge in [0.05, 0.1) is 11.0 Å². The van der Waals surface area contributed by atoms with E-state index in [-0.39, 0.29) is 34.3 Å². The maximum atomic E-state index is 12.1. The van der Waals surface area contributed by atoms with E-state index in [9.17, 15) is 14.9 Å². The fourth-order valence-electron chi connectivity index (χ4n) is 2.16. The molecule has 0 spiro atoms. The van der Waals surface area contributed by atoms with Crippen molar-refractivity contribution in [1.82, 2.24) is 5.32 Å². The summed E-state index contributed by atoms with van der Waals surface area (Å²) in [5.74, 6) is -0.0400. The van der Waals surface area contributed by atoms with Crippen molar-refractivity contribution in [2.45, 2.75) is 19.4 Å². The number of halogens is 1. The number of nitrogens with zero attached hydrogens (tertiary/aromatic N) is 1. The highest BCUT2D eigenvalue weighted by atomic mass is 35.5. The summed E-state index contributed by atoms with van der Waals surface area (Å²) < 4.78 is 0. The Labute approximate surface area is 115 Å². The van der Waals surface area contributed by atoms with Crippen LogP contribution in [0.2, 0.25) is 5.02 Å². The Hall–Kier alpha value is -1.66. The molecule has 2 rings (SSSR count). The van der Waals surface area contributed by atoms with Crippen molar-refractivity contribution < 1.29 is 9.72 Å². The molecule has 7 heteroatoms. The van der Waals surface area contributed by atoms with Gasteiger partial charge in [0.1, 0.15) is 5.69 Å². The lowest BCUT2D eigenvalue weighted by Gasteiger charge is -2.15. The molecule has 2 atom stereocenters. The Bertz CT molecular complexity index is 521. The molecule has 102 valence electrons. The van der Waals surface area contributed by atoms with Gasteiger partial charge >= 0.3 is 0 Å². The molecule has 1 amide bonds. The number of hydrogen-bond acceptors (Lipinski definition) is 4. The van der Waals surface area contributed by atoms with Crippen molar-refractivity contribution in [2.24, 2.45) is 5.92 Å². The second kappa shape index (κ2) is 5.54. The normalized spacial score (nSPS) is 22.2. The lowest BCUT2D eigenvalue weighted by Crippen LogP contribution is -2.39. The first-order chi connectivity index (χ1) is 8.99. The van der Waals surface area contributed by atoms with Crippen molar-refractivity contribution in [2.75, 3.05) is 11.9 Å². The van der Waals surface area contributed by atoms with Crippen LogP contribution in [0.4, 0.5) is 11.4 Å². The Morgan fingerprint density at radius 3 is 2.89 bits per heavy atom. The van der Waals surface area contributed by atoms with E-state index in [2.05, 4.69) is 10.6 Å². The summed E-state index contributed by atoms with van der Waals surface area (Å²) in [4.78, 5) is 22.4. The zero-order valence-electron chi connectivity index (χ0n) is 10.4. The van der Waals surface area contributed by atoms with Crippen LogP contribution in [0.1, 0.15) is 13.3 Å². The summed E-state index contributed by atoms with van der Waals surface area (Å²) in [5, 5.41) is 16.9. The SMILES string of the molecule is CC1CCNC1C(=O)Nc1ccc(Cl)cc1[N+](=O)[O-]. The third kappa shape index (κ3) is 3.02. The molecular formula is C12H14ClN3O3. The van der Waals surface area contributed by atoms with Crippen LogP contribution in [0.3, 0.4) is 0 Å². The van der Waals surface area contributed by atoms with Crippen molar-refractivity contribution in [3.63, 3.8) is 0 Å². The van der Waals surface area contributed by atoms with Gasteiger partial charge < -0.3 is 10.6 Å². The van der Waals surface area contributed by atoms with E-state index in [1.165, 1.54) is 18.2 Å². The number of amides is 1. The van der Waals surface area contributed by atoms with Gasteiger partial charge in [-0.2, -0.15) is 0 Å². The van der Waals surface area contributed by atoms with Crippen molar-refractivity contribution in [3.8, 4) is 0 Å². The van der Waals surface area contributed by atoms with Crippen LogP contribution >= 0.6 is 11.6 Å². The third-order valence-electron chi connectivity index (χ3n) is 3.23. The van der Waals surface area contributed by atoms with E-state index in [1.807, 2.05) is 6.92 Å². The Balaban J connectivity index is 2.19. The summed E-state index contributed by atoms with van der Waals surface area (Å²) in [6.07, 6.45) is 0.917. The first kappa shape index (κ1) is 13.8. The molecule has 1 aliphatic rings. The lowest BCUT2D eigenvalue weighted by molar-refractivity contribution is -0.383. The highest BCUT2D eigenvalue weighted by molar-refractivity contribution is 6.31. The second-order valence-electron chi connectivity index (χ2n) is 4.61. The number of carbonyl (C=O) groups excluding carboxylic acids is 1. The average molecular weight is 284 g/mol. The van der Waals surface area contributed by atoms with E-state index in [0.717, 1.165) is 13.0 Å². The zero-order chi connectivity index (χ0) is 14.0. The summed E-state index contributed by atoms with van der Waals surface area (Å²) in [6.45, 7) is 2.75. The molecule has 1 heterocycles. The number of rotatable bonds is 3. The summed E-state index contributed by atoms with van der Waals surface area (Å²) >= 11 is 5.72. The fraction of sp³-hybridized carbons (Fsp3) is 0.417. The predicted octanol–water partition coefficient (Wildman–Crippen LogP) is 2.18. The van der Waals surface area contributed by atoms with Gasteiger partial charge in [-0.25, -0.2) is 0 Å². The molecule has 0 aromatic heterocycles. The molecule has 0 aliphatic carbocycles. The van der Waals surface area contributed by atoms with Crippen LogP contribution < -0.4 is 10.6 Å². The molecule has 6 nitrogen and oxygen atoms in total. The van der Waals surface area contributed by atoms with Crippen LogP contribution in [0.25, 0.3) is 0 Å². The minimum Gasteiger partial charge on any atom is -0.319 e. The molecule has 1 aliphatic heterocycles. The van der Waals surface area contributed by atoms with E-state index >= 15 is 0 Å². The Kier molecular flexibility index (Phi) is 4.01. The molecule has 1 aromatic rings. The molecule has 1 fully saturated rings. The molecule has 2 N–H and O–H groups in total. The molecular weight excluding hydrogens is 270 g/mol. The van der Waals surface area contributed by atoms with E-state index in [0.29, 0.717) is 0 Å². The van der Waals surface area contributed by atoms with Gasteiger partial charge in [-0.05, 0) is 31.0 Å². The van der Waals surface area contributed by atoms with Gasteiger partial charge in [-0.1, -0.05) is 18.5 Å². The van der Waals surface area contributed by atoms with E-state index in [1.54, 1.807) is 0 Å². The standard InChI is InChI=1S/C12H14ClN3O3/c1-7-4-5-14-11(7)12(17)15-9-3-2-8(13)6-10(9)16(18)19/h2-3,6-7,11,14H,4-5H2,1H3,(H,15,17). The van der Waals surface area contributed by atoms with Gasteiger partial charge in [0.15, 0.2) is 0 Å². The number of nitro benzene ring substituents is 1. The molecule has 0 saturated carbocycles. The maximum absolute atomic E-state index is 12.1. The van der Waals surface area contributed by atoms with Gasteiger partial charge in [0.25, 0.3) is 5.69 Å². The van der Waals surface area contributed by atoms with Crippen LogP contribution in [0.15, 0.2) is 18.2 Å². The number of anilines is 1. The number of nitrogens with one attached hydrogen (secondary N) is 2. The smallest absolute Gasteiger partial charge is 0.294 e. The monoisotopic (exact) mass is 283 g/mol. The van der Waals surface area contributed by atoms with Crippen LogP contribution in [-0.2, 0) is 4.79 Å². The molecule has 19 heavy (non-hydrogen) atoms. The van der Waals surface area contributed by atoms with E-state index < -0.39 is 4.92 Å². The van der Waals surface area contributed by atoms with Gasteiger partial charge in [-0.15, -0.1) is 0 Å². The molecule has 1 saturated heterocycles. The molecule has 0 radical (unpaired) electrons. The summed E-state index contributed by atoms with van der Waals surface area (Å²) in [7, 11) is 0. The third-order valence-corrected chi connectivity index (χ3v) is 3.46. The largest absolute Gasteiger partial charge is 0.319 e. The van der Waals surface area contributed by atoms with Crippen molar-refractivity contribution >= 4 is 28.9 Å². The summed E-state index contributed by atoms with van der Waals surface area (Å²) in [5.41, 5.74) is -0.0354. The Morgan fingerprint density at radius 1 is 1.58 bits per heavy atom. The second-order valence-corrected chi connectivity index (χ2v) is 5.04. The quantitative estimate of drug-likeness (QED) is 0.658. The first-order valence-electron chi connectivity index (χ1n) is 5.97. The Morgan fingerprint density at radius 2 is 2.32 bits per heavy atom. The zero-order valence-corrected chi connectivity index (χ0v) is 11.1. The van der Waals surface area contributed by atoms with Crippen molar-refractivity contribution in [1.29, 1.82) is 0 Å². The maximum Gasteiger partial charge on any atom is 0.294 e. The number of benzene rings is 1. The van der Waals surface area contributed by atoms with Crippen LogP contribution in [0.5, 0.6) is 0 Å². The molecule has 1 aromatic carbocycles. The van der Waals surface area contributed by atoms with Gasteiger partial charge in [0.2, 0.25) is 5.91 Å². The fourth-order valence-corrected chi connectivity index (χ4v) is 2.32. The number of carbonyl (C=O) groups is 1. The highest BCUT2D eigenvalue weighted by Crippen LogP contribution is 2.28. The van der Waals surface area contributed by atoms with Crippen LogP contribution in [-0.4, -0.2) is 23.4 Å².